The largest absolute Gasteiger partial charge is 0.383 e. The van der Waals surface area contributed by atoms with Crippen LogP contribution in [-0.4, -0.2) is 63.7 Å². The Balaban J connectivity index is 1.68. The third kappa shape index (κ3) is 5.73. The molecule has 0 atom stereocenters. The van der Waals surface area contributed by atoms with Gasteiger partial charge in [0.25, 0.3) is 5.91 Å². The van der Waals surface area contributed by atoms with Crippen molar-refractivity contribution in [2.75, 3.05) is 40.5 Å². The molecule has 0 N–H and O–H groups in total. The number of hydrogen-bond acceptors (Lipinski definition) is 6. The normalized spacial score (nSPS) is 12.6. The standard InChI is InChI=1S/C27H29N3O5S2/c1-4-15-30-24-14-11-20-7-5-6-8-23(20)25(24)36-27(30)28-26(31)21-9-12-22(13-10-21)37(32,33)29(16-18-34-2)17-19-35-3/h4-14H,1,15-19H2,2-3H3. The summed E-state index contributed by atoms with van der Waals surface area (Å²) in [6.07, 6.45) is 1.77. The van der Waals surface area contributed by atoms with Crippen molar-refractivity contribution >= 4 is 48.3 Å². The van der Waals surface area contributed by atoms with Crippen LogP contribution in [0.5, 0.6) is 0 Å². The zero-order chi connectivity index (χ0) is 26.4. The lowest BCUT2D eigenvalue weighted by atomic mass is 10.1. The molecule has 0 bridgehead atoms. The minimum absolute atomic E-state index is 0.0892. The van der Waals surface area contributed by atoms with E-state index < -0.39 is 15.9 Å². The van der Waals surface area contributed by atoms with Crippen LogP contribution in [-0.2, 0) is 26.0 Å². The Morgan fingerprint density at radius 2 is 1.70 bits per heavy atom. The summed E-state index contributed by atoms with van der Waals surface area (Å²) < 4.78 is 40.7. The van der Waals surface area contributed by atoms with Crippen molar-refractivity contribution in [1.82, 2.24) is 8.87 Å². The Morgan fingerprint density at radius 3 is 2.35 bits per heavy atom. The number of ether oxygens (including phenoxy) is 2. The molecule has 0 saturated carbocycles. The zero-order valence-electron chi connectivity index (χ0n) is 20.8. The van der Waals surface area contributed by atoms with E-state index in [0.717, 1.165) is 21.0 Å². The minimum atomic E-state index is -3.78. The van der Waals surface area contributed by atoms with E-state index in [9.17, 15) is 13.2 Å². The summed E-state index contributed by atoms with van der Waals surface area (Å²) in [5, 5.41) is 2.21. The van der Waals surface area contributed by atoms with Crippen molar-refractivity contribution in [3.05, 3.63) is 83.7 Å². The molecule has 0 radical (unpaired) electrons. The maximum Gasteiger partial charge on any atom is 0.279 e. The van der Waals surface area contributed by atoms with Gasteiger partial charge in [0.2, 0.25) is 10.0 Å². The Morgan fingerprint density at radius 1 is 1.03 bits per heavy atom. The summed E-state index contributed by atoms with van der Waals surface area (Å²) in [5.41, 5.74) is 1.27. The Kier molecular flexibility index (Phi) is 8.67. The molecule has 0 aliphatic rings. The molecule has 4 aromatic rings. The molecular weight excluding hydrogens is 510 g/mol. The van der Waals surface area contributed by atoms with Gasteiger partial charge in [-0.05, 0) is 35.7 Å². The van der Waals surface area contributed by atoms with Gasteiger partial charge < -0.3 is 14.0 Å². The number of thiazole rings is 1. The van der Waals surface area contributed by atoms with E-state index in [1.165, 1.54) is 54.1 Å². The smallest absolute Gasteiger partial charge is 0.279 e. The third-order valence-corrected chi connectivity index (χ3v) is 8.95. The first kappa shape index (κ1) is 26.9. The maximum absolute atomic E-state index is 13.1. The third-order valence-electron chi connectivity index (χ3n) is 5.91. The molecule has 194 valence electrons. The number of allylic oxidation sites excluding steroid dienone is 1. The molecule has 0 aliphatic carbocycles. The number of fused-ring (bicyclic) bond motifs is 3. The van der Waals surface area contributed by atoms with Crippen molar-refractivity contribution in [2.45, 2.75) is 11.4 Å². The van der Waals surface area contributed by atoms with Crippen LogP contribution < -0.4 is 4.80 Å². The fraction of sp³-hybridized carbons (Fsp3) is 0.259. The van der Waals surface area contributed by atoms with Gasteiger partial charge in [-0.3, -0.25) is 4.79 Å². The zero-order valence-corrected chi connectivity index (χ0v) is 22.4. The summed E-state index contributed by atoms with van der Waals surface area (Å²) in [7, 11) is -0.747. The summed E-state index contributed by atoms with van der Waals surface area (Å²) in [6, 6.07) is 18.0. The van der Waals surface area contributed by atoms with E-state index in [1.807, 2.05) is 22.8 Å². The molecule has 1 amide bonds. The highest BCUT2D eigenvalue weighted by Gasteiger charge is 2.24. The molecule has 0 aliphatic heterocycles. The number of methoxy groups -OCH3 is 2. The van der Waals surface area contributed by atoms with Gasteiger partial charge in [-0.25, -0.2) is 8.42 Å². The number of carbonyl (C=O) groups excluding carboxylic acids is 1. The monoisotopic (exact) mass is 539 g/mol. The first-order valence-electron chi connectivity index (χ1n) is 11.7. The molecule has 37 heavy (non-hydrogen) atoms. The van der Waals surface area contributed by atoms with Crippen LogP contribution in [0.2, 0.25) is 0 Å². The van der Waals surface area contributed by atoms with Crippen molar-refractivity contribution in [2.24, 2.45) is 4.99 Å². The summed E-state index contributed by atoms with van der Waals surface area (Å²) >= 11 is 1.44. The van der Waals surface area contributed by atoms with E-state index in [-0.39, 0.29) is 31.2 Å². The molecule has 0 spiro atoms. The van der Waals surface area contributed by atoms with Crippen molar-refractivity contribution in [3.63, 3.8) is 0 Å². The number of nitrogens with zero attached hydrogens (tertiary/aromatic N) is 3. The Bertz CT molecular complexity index is 1580. The van der Waals surface area contributed by atoms with Crippen LogP contribution in [0.25, 0.3) is 21.0 Å². The number of aromatic nitrogens is 1. The molecule has 0 unspecified atom stereocenters. The van der Waals surface area contributed by atoms with E-state index >= 15 is 0 Å². The predicted molar refractivity (Wildman–Crippen MR) is 146 cm³/mol. The topological polar surface area (TPSA) is 90.2 Å². The number of sulfonamides is 1. The molecular formula is C27H29N3O5S2. The van der Waals surface area contributed by atoms with Gasteiger partial charge in [-0.1, -0.05) is 47.7 Å². The number of rotatable bonds is 11. The minimum Gasteiger partial charge on any atom is -0.383 e. The van der Waals surface area contributed by atoms with Crippen LogP contribution >= 0.6 is 11.3 Å². The second kappa shape index (κ2) is 11.9. The molecule has 0 saturated heterocycles. The first-order chi connectivity index (χ1) is 17.9. The van der Waals surface area contributed by atoms with Crippen molar-refractivity contribution < 1.29 is 22.7 Å². The lowest BCUT2D eigenvalue weighted by molar-refractivity contribution is 0.0997. The molecule has 3 aromatic carbocycles. The second-order valence-electron chi connectivity index (χ2n) is 8.25. The van der Waals surface area contributed by atoms with Gasteiger partial charge in [0, 0.05) is 44.8 Å². The van der Waals surface area contributed by atoms with Crippen molar-refractivity contribution in [1.29, 1.82) is 0 Å². The SMILES string of the molecule is C=CCn1c(=NC(=O)c2ccc(S(=O)(=O)N(CCOC)CCOC)cc2)sc2c3ccccc3ccc21. The highest BCUT2D eigenvalue weighted by Crippen LogP contribution is 2.27. The van der Waals surface area contributed by atoms with Gasteiger partial charge in [0.1, 0.15) is 0 Å². The van der Waals surface area contributed by atoms with Gasteiger partial charge in [-0.2, -0.15) is 9.30 Å². The molecule has 1 aromatic heterocycles. The van der Waals surface area contributed by atoms with Crippen molar-refractivity contribution in [3.8, 4) is 0 Å². The van der Waals surface area contributed by atoms with Crippen LogP contribution in [0.4, 0.5) is 0 Å². The van der Waals surface area contributed by atoms with E-state index in [2.05, 4.69) is 29.8 Å². The Hall–Kier alpha value is -3.15. The lowest BCUT2D eigenvalue weighted by Gasteiger charge is -2.21. The van der Waals surface area contributed by atoms with E-state index in [0.29, 0.717) is 16.9 Å². The van der Waals surface area contributed by atoms with Crippen LogP contribution in [0, 0.1) is 0 Å². The fourth-order valence-electron chi connectivity index (χ4n) is 4.00. The average molecular weight is 540 g/mol. The average Bonchev–Trinajstić information content (AvgIpc) is 3.26. The Labute approximate surface area is 220 Å². The lowest BCUT2D eigenvalue weighted by Crippen LogP contribution is -2.36. The molecule has 1 heterocycles. The summed E-state index contributed by atoms with van der Waals surface area (Å²) in [6.45, 7) is 5.26. The van der Waals surface area contributed by atoms with Gasteiger partial charge in [0.15, 0.2) is 4.80 Å². The van der Waals surface area contributed by atoms with Crippen LogP contribution in [0.1, 0.15) is 10.4 Å². The number of hydrogen-bond donors (Lipinski definition) is 0. The van der Waals surface area contributed by atoms with Gasteiger partial charge in [-0.15, -0.1) is 6.58 Å². The van der Waals surface area contributed by atoms with E-state index in [1.54, 1.807) is 6.08 Å². The second-order valence-corrected chi connectivity index (χ2v) is 11.2. The molecule has 8 nitrogen and oxygen atoms in total. The summed E-state index contributed by atoms with van der Waals surface area (Å²) in [4.78, 5) is 18.1. The number of benzene rings is 3. The van der Waals surface area contributed by atoms with E-state index in [4.69, 9.17) is 9.47 Å². The van der Waals surface area contributed by atoms with Crippen LogP contribution in [0.3, 0.4) is 0 Å². The molecule has 4 rings (SSSR count). The number of carbonyl (C=O) groups is 1. The quantitative estimate of drug-likeness (QED) is 0.268. The van der Waals surface area contributed by atoms with Gasteiger partial charge >= 0.3 is 0 Å². The van der Waals surface area contributed by atoms with Crippen LogP contribution in [0.15, 0.2) is 83.2 Å². The predicted octanol–water partition coefficient (Wildman–Crippen LogP) is 4.07. The first-order valence-corrected chi connectivity index (χ1v) is 14.0. The summed E-state index contributed by atoms with van der Waals surface area (Å²) in [5.74, 6) is -0.451. The van der Waals surface area contributed by atoms with Gasteiger partial charge in [0.05, 0.1) is 28.3 Å². The fourth-order valence-corrected chi connectivity index (χ4v) is 6.58. The molecule has 0 fully saturated rings. The highest BCUT2D eigenvalue weighted by atomic mass is 32.2. The maximum atomic E-state index is 13.1. The number of amides is 1. The molecule has 10 heteroatoms. The highest BCUT2D eigenvalue weighted by molar-refractivity contribution is 7.89.